The fourth-order valence-corrected chi connectivity index (χ4v) is 5.40. The number of anilines is 2. The van der Waals surface area contributed by atoms with Crippen molar-refractivity contribution in [3.8, 4) is 0 Å². The fraction of sp³-hybridized carbons (Fsp3) is 0.355. The van der Waals surface area contributed by atoms with Gasteiger partial charge in [-0.1, -0.05) is 60.1 Å². The second-order valence-electron chi connectivity index (χ2n) is 10.1. The number of amides is 1. The second kappa shape index (κ2) is 12.6. The quantitative estimate of drug-likeness (QED) is 0.355. The zero-order chi connectivity index (χ0) is 27.2. The minimum Gasteiger partial charge on any atom is -0.458 e. The molecule has 2 aliphatic rings. The molecule has 204 valence electrons. The highest BCUT2D eigenvalue weighted by Crippen LogP contribution is 2.30. The van der Waals surface area contributed by atoms with Gasteiger partial charge in [0.25, 0.3) is 5.91 Å². The summed E-state index contributed by atoms with van der Waals surface area (Å²) in [6.07, 6.45) is 0.436. The van der Waals surface area contributed by atoms with Crippen molar-refractivity contribution in [1.82, 2.24) is 4.90 Å². The standard InChI is InChI=1S/C31H34ClN3O4/c1-23(36)38-30(22-33-17-19-34(20-18-33)27-14-12-26(32)13-15-27)29(21-24-7-3-2-4-8-24)39-35-28-10-6-5-9-25(28)11-16-31(35)37/h2-10,12-15,29-30H,11,16-22H2,1H3. The van der Waals surface area contributed by atoms with Gasteiger partial charge in [-0.3, -0.25) is 19.3 Å². The van der Waals surface area contributed by atoms with Crippen LogP contribution in [0.15, 0.2) is 78.9 Å². The maximum absolute atomic E-state index is 13.0. The van der Waals surface area contributed by atoms with E-state index >= 15 is 0 Å². The molecular formula is C31H34ClN3O4. The molecule has 5 rings (SSSR count). The van der Waals surface area contributed by atoms with E-state index in [1.165, 1.54) is 12.0 Å². The van der Waals surface area contributed by atoms with E-state index < -0.39 is 12.2 Å². The molecule has 2 heterocycles. The van der Waals surface area contributed by atoms with E-state index in [1.54, 1.807) is 0 Å². The Bertz CT molecular complexity index is 1260. The summed E-state index contributed by atoms with van der Waals surface area (Å²) in [4.78, 5) is 36.4. The van der Waals surface area contributed by atoms with Crippen LogP contribution in [0.1, 0.15) is 24.5 Å². The van der Waals surface area contributed by atoms with Crippen LogP contribution in [0, 0.1) is 0 Å². The van der Waals surface area contributed by atoms with E-state index in [1.807, 2.05) is 78.9 Å². The van der Waals surface area contributed by atoms with Crippen molar-refractivity contribution in [2.45, 2.75) is 38.4 Å². The third-order valence-corrected chi connectivity index (χ3v) is 7.55. The van der Waals surface area contributed by atoms with Crippen molar-refractivity contribution in [1.29, 1.82) is 0 Å². The molecule has 0 spiro atoms. The highest BCUT2D eigenvalue weighted by molar-refractivity contribution is 6.30. The number of esters is 1. The maximum Gasteiger partial charge on any atom is 0.303 e. The smallest absolute Gasteiger partial charge is 0.303 e. The molecule has 0 bridgehead atoms. The Balaban J connectivity index is 1.35. The Morgan fingerprint density at radius 2 is 1.56 bits per heavy atom. The first-order valence-corrected chi connectivity index (χ1v) is 13.9. The number of hydroxylamine groups is 1. The van der Waals surface area contributed by atoms with E-state index in [4.69, 9.17) is 21.2 Å². The third-order valence-electron chi connectivity index (χ3n) is 7.30. The monoisotopic (exact) mass is 547 g/mol. The Hall–Kier alpha value is -3.39. The Morgan fingerprint density at radius 3 is 2.28 bits per heavy atom. The van der Waals surface area contributed by atoms with Crippen LogP contribution >= 0.6 is 11.6 Å². The van der Waals surface area contributed by atoms with Gasteiger partial charge in [0.15, 0.2) is 0 Å². The van der Waals surface area contributed by atoms with Gasteiger partial charge in [0.1, 0.15) is 12.2 Å². The van der Waals surface area contributed by atoms with Crippen LogP contribution in [0.4, 0.5) is 11.4 Å². The minimum atomic E-state index is -0.563. The number of aryl methyl sites for hydroxylation is 1. The average Bonchev–Trinajstić information content (AvgIpc) is 2.95. The molecule has 7 nitrogen and oxygen atoms in total. The number of nitrogens with zero attached hydrogens (tertiary/aromatic N) is 3. The molecule has 1 saturated heterocycles. The molecule has 1 fully saturated rings. The van der Waals surface area contributed by atoms with E-state index in [2.05, 4.69) is 9.80 Å². The molecule has 0 N–H and O–H groups in total. The molecule has 3 aromatic rings. The topological polar surface area (TPSA) is 62.3 Å². The molecule has 0 radical (unpaired) electrons. The van der Waals surface area contributed by atoms with Gasteiger partial charge in [-0.25, -0.2) is 0 Å². The molecule has 2 aliphatic heterocycles. The number of fused-ring (bicyclic) bond motifs is 1. The van der Waals surface area contributed by atoms with Crippen LogP contribution in [-0.4, -0.2) is 61.7 Å². The summed E-state index contributed by atoms with van der Waals surface area (Å²) >= 11 is 6.06. The number of hydrogen-bond acceptors (Lipinski definition) is 6. The van der Waals surface area contributed by atoms with E-state index in [0.29, 0.717) is 25.8 Å². The normalized spacial score (nSPS) is 17.4. The second-order valence-corrected chi connectivity index (χ2v) is 10.5. The molecule has 1 amide bonds. The van der Waals surface area contributed by atoms with Gasteiger partial charge in [-0.15, -0.1) is 0 Å². The number of benzene rings is 3. The van der Waals surface area contributed by atoms with E-state index in [9.17, 15) is 9.59 Å². The van der Waals surface area contributed by atoms with Crippen molar-refractivity contribution < 1.29 is 19.2 Å². The minimum absolute atomic E-state index is 0.0927. The Kier molecular flexibility index (Phi) is 8.81. The zero-order valence-electron chi connectivity index (χ0n) is 22.2. The van der Waals surface area contributed by atoms with Crippen LogP contribution in [0.25, 0.3) is 0 Å². The van der Waals surface area contributed by atoms with Crippen LogP contribution in [-0.2, 0) is 32.0 Å². The number of carbonyl (C=O) groups excluding carboxylic acids is 2. The van der Waals surface area contributed by atoms with Crippen LogP contribution in [0.5, 0.6) is 0 Å². The summed E-state index contributed by atoms with van der Waals surface area (Å²) in [5.74, 6) is -0.461. The first-order valence-electron chi connectivity index (χ1n) is 13.5. The van der Waals surface area contributed by atoms with Crippen molar-refractivity contribution in [3.63, 3.8) is 0 Å². The number of rotatable bonds is 9. The van der Waals surface area contributed by atoms with Crippen molar-refractivity contribution in [2.75, 3.05) is 42.7 Å². The van der Waals surface area contributed by atoms with Crippen LogP contribution < -0.4 is 9.96 Å². The number of halogens is 1. The molecule has 39 heavy (non-hydrogen) atoms. The largest absolute Gasteiger partial charge is 0.458 e. The van der Waals surface area contributed by atoms with Crippen molar-refractivity contribution >= 4 is 34.9 Å². The van der Waals surface area contributed by atoms with Gasteiger partial charge >= 0.3 is 5.97 Å². The number of piperazine rings is 1. The lowest BCUT2D eigenvalue weighted by molar-refractivity contribution is -0.159. The molecular weight excluding hydrogens is 514 g/mol. The summed E-state index contributed by atoms with van der Waals surface area (Å²) < 4.78 is 5.91. The molecule has 0 aromatic heterocycles. The van der Waals surface area contributed by atoms with Crippen molar-refractivity contribution in [2.24, 2.45) is 0 Å². The number of ether oxygens (including phenoxy) is 1. The summed E-state index contributed by atoms with van der Waals surface area (Å²) in [6.45, 7) is 5.24. The highest BCUT2D eigenvalue weighted by atomic mass is 35.5. The van der Waals surface area contributed by atoms with Crippen LogP contribution in [0.3, 0.4) is 0 Å². The summed E-state index contributed by atoms with van der Waals surface area (Å²) in [5, 5.41) is 2.14. The number of para-hydroxylation sites is 1. The molecule has 2 unspecified atom stereocenters. The van der Waals surface area contributed by atoms with E-state index in [-0.39, 0.29) is 11.9 Å². The molecule has 3 aromatic carbocycles. The average molecular weight is 548 g/mol. The van der Waals surface area contributed by atoms with Gasteiger partial charge in [-0.2, -0.15) is 5.06 Å². The van der Waals surface area contributed by atoms with Gasteiger partial charge < -0.3 is 9.64 Å². The predicted octanol–water partition coefficient (Wildman–Crippen LogP) is 4.92. The van der Waals surface area contributed by atoms with Crippen LogP contribution in [0.2, 0.25) is 5.02 Å². The number of carbonyl (C=O) groups is 2. The lowest BCUT2D eigenvalue weighted by atomic mass is 10.0. The third kappa shape index (κ3) is 6.98. The SMILES string of the molecule is CC(=O)OC(CN1CCN(c2ccc(Cl)cc2)CC1)C(Cc1ccccc1)ON1C(=O)CCc2ccccc21. The summed E-state index contributed by atoms with van der Waals surface area (Å²) in [5.41, 5.74) is 4.01. The fourth-order valence-electron chi connectivity index (χ4n) is 5.27. The summed E-state index contributed by atoms with van der Waals surface area (Å²) in [6, 6.07) is 25.7. The zero-order valence-corrected chi connectivity index (χ0v) is 22.9. The Labute approximate surface area is 234 Å². The van der Waals surface area contributed by atoms with Gasteiger partial charge in [0.05, 0.1) is 5.69 Å². The number of hydrogen-bond donors (Lipinski definition) is 0. The predicted molar refractivity (Wildman–Crippen MR) is 153 cm³/mol. The first-order chi connectivity index (χ1) is 19.0. The maximum atomic E-state index is 13.0. The molecule has 0 saturated carbocycles. The summed E-state index contributed by atoms with van der Waals surface area (Å²) in [7, 11) is 0. The highest BCUT2D eigenvalue weighted by Gasteiger charge is 2.35. The van der Waals surface area contributed by atoms with Gasteiger partial charge in [0, 0.05) is 63.2 Å². The van der Waals surface area contributed by atoms with Crippen molar-refractivity contribution in [3.05, 3.63) is 95.0 Å². The Morgan fingerprint density at radius 1 is 0.872 bits per heavy atom. The van der Waals surface area contributed by atoms with E-state index in [0.717, 1.165) is 53.7 Å². The van der Waals surface area contributed by atoms with Gasteiger partial charge in [0.2, 0.25) is 0 Å². The van der Waals surface area contributed by atoms with Gasteiger partial charge in [-0.05, 0) is 47.9 Å². The lowest BCUT2D eigenvalue weighted by Gasteiger charge is -2.39. The molecule has 0 aliphatic carbocycles. The first kappa shape index (κ1) is 27.2. The lowest BCUT2D eigenvalue weighted by Crippen LogP contribution is -2.53. The molecule has 2 atom stereocenters. The molecule has 8 heteroatoms.